The molecule has 3 heteroatoms. The highest BCUT2D eigenvalue weighted by Crippen LogP contribution is 2.07. The Kier molecular flexibility index (Phi) is 8.11. The Balaban J connectivity index is 3.93. The van der Waals surface area contributed by atoms with E-state index in [1.54, 1.807) is 0 Å². The van der Waals surface area contributed by atoms with Crippen molar-refractivity contribution in [2.75, 3.05) is 26.7 Å². The summed E-state index contributed by atoms with van der Waals surface area (Å²) >= 11 is 0. The lowest BCUT2D eigenvalue weighted by atomic mass is 10.1. The van der Waals surface area contributed by atoms with Crippen molar-refractivity contribution in [2.45, 2.75) is 59.5 Å². The normalized spacial score (nSPS) is 13.4. The van der Waals surface area contributed by atoms with E-state index in [0.717, 1.165) is 10.9 Å². The molecular weight excluding hydrogens is 210 g/mol. The molecule has 0 saturated heterocycles. The van der Waals surface area contributed by atoms with Crippen molar-refractivity contribution in [2.24, 2.45) is 9.98 Å². The minimum atomic E-state index is 0.297. The molecule has 1 atom stereocenters. The van der Waals surface area contributed by atoms with E-state index >= 15 is 0 Å². The molecule has 0 aromatic carbocycles. The fraction of sp³-hybridized carbons (Fsp3) is 0.929. The van der Waals surface area contributed by atoms with Crippen LogP contribution in [-0.2, 0) is 0 Å². The second kappa shape index (κ2) is 8.43. The molecule has 0 fully saturated rings. The summed E-state index contributed by atoms with van der Waals surface area (Å²) in [6.07, 6.45) is 2.36. The van der Waals surface area contributed by atoms with Crippen LogP contribution in [-0.4, -0.2) is 49.3 Å². The first-order valence-corrected chi connectivity index (χ1v) is 6.91. The van der Waals surface area contributed by atoms with Gasteiger partial charge in [-0.2, -0.15) is 0 Å². The standard InChI is InChI=1S/C14H30N3/c1-7-17(6,8-2)11-9-10-14(5)16-12-15-13(3)4/h13-14H,7-11H2,1-6H3/q+1. The SMILES string of the molecule is CC[N+](C)(CC)CCCC(C)N=C=NC(C)C. The van der Waals surface area contributed by atoms with Gasteiger partial charge in [0.05, 0.1) is 44.8 Å². The van der Waals surface area contributed by atoms with Crippen LogP contribution < -0.4 is 0 Å². The third-order valence-electron chi connectivity index (χ3n) is 3.44. The lowest BCUT2D eigenvalue weighted by molar-refractivity contribution is -0.906. The van der Waals surface area contributed by atoms with Crippen molar-refractivity contribution in [1.82, 2.24) is 0 Å². The Morgan fingerprint density at radius 2 is 1.65 bits per heavy atom. The van der Waals surface area contributed by atoms with Gasteiger partial charge < -0.3 is 4.48 Å². The molecule has 0 spiro atoms. The minimum Gasteiger partial charge on any atom is -0.327 e. The molecule has 0 aromatic heterocycles. The van der Waals surface area contributed by atoms with Gasteiger partial charge in [0.1, 0.15) is 0 Å². The van der Waals surface area contributed by atoms with Crippen molar-refractivity contribution in [3.05, 3.63) is 0 Å². The molecule has 0 N–H and O–H groups in total. The van der Waals surface area contributed by atoms with Crippen LogP contribution in [0.15, 0.2) is 9.98 Å². The first kappa shape index (κ1) is 16.3. The second-order valence-corrected chi connectivity index (χ2v) is 5.42. The predicted molar refractivity (Wildman–Crippen MR) is 75.8 cm³/mol. The Labute approximate surface area is 107 Å². The molecule has 0 saturated carbocycles. The Morgan fingerprint density at radius 1 is 1.06 bits per heavy atom. The molecule has 0 heterocycles. The van der Waals surface area contributed by atoms with Gasteiger partial charge >= 0.3 is 0 Å². The maximum atomic E-state index is 4.31. The molecule has 0 aromatic rings. The highest BCUT2D eigenvalue weighted by atomic mass is 15.3. The number of hydrogen-bond donors (Lipinski definition) is 0. The van der Waals surface area contributed by atoms with Crippen LogP contribution in [0.1, 0.15) is 47.5 Å². The largest absolute Gasteiger partial charge is 0.327 e. The minimum absolute atomic E-state index is 0.297. The van der Waals surface area contributed by atoms with E-state index in [9.17, 15) is 0 Å². The number of nitrogens with zero attached hydrogens (tertiary/aromatic N) is 3. The van der Waals surface area contributed by atoms with Crippen LogP contribution in [0.5, 0.6) is 0 Å². The van der Waals surface area contributed by atoms with Gasteiger partial charge in [0.15, 0.2) is 0 Å². The zero-order valence-electron chi connectivity index (χ0n) is 12.5. The van der Waals surface area contributed by atoms with E-state index in [0.29, 0.717) is 12.1 Å². The molecular formula is C14H30N3+. The first-order chi connectivity index (χ1) is 7.93. The van der Waals surface area contributed by atoms with E-state index in [1.807, 2.05) is 13.8 Å². The van der Waals surface area contributed by atoms with E-state index in [4.69, 9.17) is 0 Å². The average molecular weight is 240 g/mol. The summed E-state index contributed by atoms with van der Waals surface area (Å²) in [6.45, 7) is 14.4. The molecule has 0 rings (SSSR count). The van der Waals surface area contributed by atoms with Gasteiger partial charge in [-0.15, -0.1) is 0 Å². The van der Waals surface area contributed by atoms with Crippen LogP contribution in [0, 0.1) is 0 Å². The zero-order chi connectivity index (χ0) is 13.3. The molecule has 0 aliphatic carbocycles. The van der Waals surface area contributed by atoms with Crippen LogP contribution in [0.4, 0.5) is 0 Å². The van der Waals surface area contributed by atoms with Crippen molar-refractivity contribution < 1.29 is 4.48 Å². The van der Waals surface area contributed by atoms with E-state index < -0.39 is 0 Å². The van der Waals surface area contributed by atoms with Gasteiger partial charge in [-0.3, -0.25) is 0 Å². The van der Waals surface area contributed by atoms with Crippen molar-refractivity contribution >= 4 is 6.01 Å². The van der Waals surface area contributed by atoms with Crippen molar-refractivity contribution in [1.29, 1.82) is 0 Å². The van der Waals surface area contributed by atoms with Gasteiger partial charge in [-0.05, 0) is 47.5 Å². The fourth-order valence-electron chi connectivity index (χ4n) is 1.62. The monoisotopic (exact) mass is 240 g/mol. The van der Waals surface area contributed by atoms with Gasteiger partial charge in [-0.25, -0.2) is 9.98 Å². The topological polar surface area (TPSA) is 24.7 Å². The van der Waals surface area contributed by atoms with Gasteiger partial charge in [0, 0.05) is 0 Å². The lowest BCUT2D eigenvalue weighted by Crippen LogP contribution is -2.44. The van der Waals surface area contributed by atoms with Crippen molar-refractivity contribution in [3.63, 3.8) is 0 Å². The zero-order valence-corrected chi connectivity index (χ0v) is 12.5. The predicted octanol–water partition coefficient (Wildman–Crippen LogP) is 3.22. The Bertz CT molecular complexity index is 248. The van der Waals surface area contributed by atoms with E-state index in [2.05, 4.69) is 43.8 Å². The van der Waals surface area contributed by atoms with Crippen LogP contribution in [0.3, 0.4) is 0 Å². The molecule has 3 nitrogen and oxygen atoms in total. The average Bonchev–Trinajstić information content (AvgIpc) is 2.28. The molecule has 0 bridgehead atoms. The molecule has 1 unspecified atom stereocenters. The second-order valence-electron chi connectivity index (χ2n) is 5.42. The number of aliphatic imine (C=N–C) groups is 2. The maximum Gasteiger partial charge on any atom is 0.0898 e. The number of quaternary nitrogens is 1. The van der Waals surface area contributed by atoms with E-state index in [-0.39, 0.29) is 0 Å². The van der Waals surface area contributed by atoms with E-state index in [1.165, 1.54) is 26.1 Å². The van der Waals surface area contributed by atoms with Gasteiger partial charge in [0.25, 0.3) is 0 Å². The fourth-order valence-corrected chi connectivity index (χ4v) is 1.62. The number of rotatable bonds is 8. The molecule has 100 valence electrons. The number of hydrogen-bond acceptors (Lipinski definition) is 2. The van der Waals surface area contributed by atoms with Crippen molar-refractivity contribution in [3.8, 4) is 0 Å². The highest BCUT2D eigenvalue weighted by molar-refractivity contribution is 5.41. The van der Waals surface area contributed by atoms with Crippen LogP contribution >= 0.6 is 0 Å². The van der Waals surface area contributed by atoms with Crippen LogP contribution in [0.2, 0.25) is 0 Å². The smallest absolute Gasteiger partial charge is 0.0898 e. The van der Waals surface area contributed by atoms with Gasteiger partial charge in [-0.1, -0.05) is 0 Å². The molecule has 0 amide bonds. The Morgan fingerprint density at radius 3 is 2.12 bits per heavy atom. The summed E-state index contributed by atoms with van der Waals surface area (Å²) < 4.78 is 1.16. The quantitative estimate of drug-likeness (QED) is 0.460. The summed E-state index contributed by atoms with van der Waals surface area (Å²) in [5, 5.41) is 0. The molecule has 17 heavy (non-hydrogen) atoms. The summed E-state index contributed by atoms with van der Waals surface area (Å²) in [4.78, 5) is 8.45. The molecule has 0 aliphatic heterocycles. The lowest BCUT2D eigenvalue weighted by Gasteiger charge is -2.32. The van der Waals surface area contributed by atoms with Crippen LogP contribution in [0.25, 0.3) is 0 Å². The summed E-state index contributed by atoms with van der Waals surface area (Å²) in [6, 6.07) is 3.45. The summed E-state index contributed by atoms with van der Waals surface area (Å²) in [5.74, 6) is 0. The highest BCUT2D eigenvalue weighted by Gasteiger charge is 2.15. The summed E-state index contributed by atoms with van der Waals surface area (Å²) in [5.41, 5.74) is 0. The first-order valence-electron chi connectivity index (χ1n) is 6.91. The third kappa shape index (κ3) is 8.12. The third-order valence-corrected chi connectivity index (χ3v) is 3.44. The summed E-state index contributed by atoms with van der Waals surface area (Å²) in [7, 11) is 2.33. The Hall–Kier alpha value is -0.660. The molecule has 0 aliphatic rings. The molecule has 0 radical (unpaired) electrons. The maximum absolute atomic E-state index is 4.31. The van der Waals surface area contributed by atoms with Gasteiger partial charge in [0.2, 0.25) is 0 Å².